The summed E-state index contributed by atoms with van der Waals surface area (Å²) in [4.78, 5) is 0. The van der Waals surface area contributed by atoms with Gasteiger partial charge in [-0.15, -0.1) is 0 Å². The first-order valence-corrected chi connectivity index (χ1v) is 5.86. The van der Waals surface area contributed by atoms with Gasteiger partial charge in [-0.2, -0.15) is 0 Å². The molecule has 1 saturated carbocycles. The molecule has 4 heteroatoms. The average molecular weight is 242 g/mol. The fourth-order valence-electron chi connectivity index (χ4n) is 2.05. The Morgan fingerprint density at radius 1 is 1.44 bits per heavy atom. The molecule has 1 aliphatic carbocycles. The summed E-state index contributed by atoms with van der Waals surface area (Å²) in [7, 11) is 1.62. The van der Waals surface area contributed by atoms with E-state index in [2.05, 4.69) is 5.32 Å². The molecule has 0 amide bonds. The molecule has 0 radical (unpaired) electrons. The van der Waals surface area contributed by atoms with Crippen molar-refractivity contribution in [3.63, 3.8) is 0 Å². The third kappa shape index (κ3) is 2.42. The number of hydrogen-bond donors (Lipinski definition) is 2. The number of nitrogens with one attached hydrogen (secondary N) is 1. The maximum atomic E-state index is 9.73. The Morgan fingerprint density at radius 2 is 2.25 bits per heavy atom. The Bertz CT molecular complexity index is 370. The zero-order valence-corrected chi connectivity index (χ0v) is 10.00. The summed E-state index contributed by atoms with van der Waals surface area (Å²) in [5.74, 6) is 0.763. The summed E-state index contributed by atoms with van der Waals surface area (Å²) < 4.78 is 5.14. The van der Waals surface area contributed by atoms with Crippen molar-refractivity contribution in [3.8, 4) is 5.75 Å². The van der Waals surface area contributed by atoms with E-state index in [1.807, 2.05) is 12.1 Å². The third-order valence-corrected chi connectivity index (χ3v) is 3.32. The van der Waals surface area contributed by atoms with Crippen LogP contribution in [0.4, 0.5) is 5.69 Å². The van der Waals surface area contributed by atoms with Crippen LogP contribution in [0.3, 0.4) is 0 Å². The van der Waals surface area contributed by atoms with Crippen molar-refractivity contribution in [3.05, 3.63) is 23.2 Å². The molecule has 1 aromatic carbocycles. The van der Waals surface area contributed by atoms with Gasteiger partial charge < -0.3 is 15.2 Å². The first-order chi connectivity index (χ1) is 7.70. The summed E-state index contributed by atoms with van der Waals surface area (Å²) >= 11 is 6.08. The molecule has 88 valence electrons. The van der Waals surface area contributed by atoms with E-state index < -0.39 is 0 Å². The molecule has 0 aliphatic heterocycles. The van der Waals surface area contributed by atoms with E-state index in [9.17, 15) is 5.11 Å². The second kappa shape index (κ2) is 4.93. The van der Waals surface area contributed by atoms with Crippen LogP contribution in [0.5, 0.6) is 5.75 Å². The lowest BCUT2D eigenvalue weighted by Gasteiger charge is -2.19. The molecule has 1 aliphatic rings. The molecular formula is C12H16ClNO2. The van der Waals surface area contributed by atoms with Crippen molar-refractivity contribution in [2.45, 2.75) is 31.4 Å². The number of rotatable bonds is 3. The van der Waals surface area contributed by atoms with Gasteiger partial charge in [-0.1, -0.05) is 11.6 Å². The number of aliphatic hydroxyl groups is 1. The van der Waals surface area contributed by atoms with Gasteiger partial charge in [-0.3, -0.25) is 0 Å². The number of methoxy groups -OCH3 is 1. The highest BCUT2D eigenvalue weighted by atomic mass is 35.5. The first-order valence-electron chi connectivity index (χ1n) is 5.49. The van der Waals surface area contributed by atoms with Crippen LogP contribution in [0.1, 0.15) is 19.3 Å². The van der Waals surface area contributed by atoms with Crippen molar-refractivity contribution < 1.29 is 9.84 Å². The quantitative estimate of drug-likeness (QED) is 0.855. The van der Waals surface area contributed by atoms with Gasteiger partial charge in [0.2, 0.25) is 0 Å². The predicted molar refractivity (Wildman–Crippen MR) is 65.3 cm³/mol. The highest BCUT2D eigenvalue weighted by Crippen LogP contribution is 2.30. The number of ether oxygens (including phenoxy) is 1. The van der Waals surface area contributed by atoms with E-state index in [1.54, 1.807) is 13.2 Å². The Morgan fingerprint density at radius 3 is 2.88 bits per heavy atom. The molecule has 3 nitrogen and oxygen atoms in total. The summed E-state index contributed by atoms with van der Waals surface area (Å²) in [6.07, 6.45) is 2.62. The number of anilines is 1. The van der Waals surface area contributed by atoms with Gasteiger partial charge in [0.05, 0.1) is 30.0 Å². The summed E-state index contributed by atoms with van der Waals surface area (Å²) in [6.45, 7) is 0. The van der Waals surface area contributed by atoms with Gasteiger partial charge in [0.15, 0.2) is 0 Å². The summed E-state index contributed by atoms with van der Waals surface area (Å²) in [5.41, 5.74) is 0.826. The minimum Gasteiger partial charge on any atom is -0.497 e. The molecule has 1 aromatic rings. The molecule has 0 spiro atoms. The van der Waals surface area contributed by atoms with E-state index in [0.29, 0.717) is 5.02 Å². The molecule has 16 heavy (non-hydrogen) atoms. The lowest BCUT2D eigenvalue weighted by Crippen LogP contribution is -2.27. The van der Waals surface area contributed by atoms with Crippen molar-refractivity contribution in [2.75, 3.05) is 12.4 Å². The molecular weight excluding hydrogens is 226 g/mol. The predicted octanol–water partition coefficient (Wildman–Crippen LogP) is 2.67. The van der Waals surface area contributed by atoms with Gasteiger partial charge in [-0.25, -0.2) is 0 Å². The Kier molecular flexibility index (Phi) is 3.56. The fraction of sp³-hybridized carbons (Fsp3) is 0.500. The average Bonchev–Trinajstić information content (AvgIpc) is 2.68. The van der Waals surface area contributed by atoms with Gasteiger partial charge >= 0.3 is 0 Å². The topological polar surface area (TPSA) is 41.5 Å². The van der Waals surface area contributed by atoms with Crippen molar-refractivity contribution >= 4 is 17.3 Å². The maximum Gasteiger partial charge on any atom is 0.121 e. The van der Waals surface area contributed by atoms with Crippen molar-refractivity contribution in [1.82, 2.24) is 0 Å². The molecule has 0 bridgehead atoms. The zero-order chi connectivity index (χ0) is 11.5. The Labute approximate surface area is 100 Å². The monoisotopic (exact) mass is 241 g/mol. The van der Waals surface area contributed by atoms with E-state index in [-0.39, 0.29) is 12.1 Å². The van der Waals surface area contributed by atoms with Gasteiger partial charge in [-0.05, 0) is 31.4 Å². The van der Waals surface area contributed by atoms with E-state index in [4.69, 9.17) is 16.3 Å². The second-order valence-corrected chi connectivity index (χ2v) is 4.50. The van der Waals surface area contributed by atoms with Crippen LogP contribution in [0.25, 0.3) is 0 Å². The number of aliphatic hydroxyl groups excluding tert-OH is 1. The maximum absolute atomic E-state index is 9.73. The minimum atomic E-state index is -0.276. The van der Waals surface area contributed by atoms with Crippen LogP contribution < -0.4 is 10.1 Å². The largest absolute Gasteiger partial charge is 0.497 e. The SMILES string of the molecule is COc1ccc(Cl)c(NC2CCCC2O)c1. The van der Waals surface area contributed by atoms with Crippen molar-refractivity contribution in [1.29, 1.82) is 0 Å². The van der Waals surface area contributed by atoms with Crippen LogP contribution in [0, 0.1) is 0 Å². The molecule has 0 aromatic heterocycles. The summed E-state index contributed by atoms with van der Waals surface area (Å²) in [6, 6.07) is 5.57. The van der Waals surface area contributed by atoms with Crippen LogP contribution in [-0.2, 0) is 0 Å². The zero-order valence-electron chi connectivity index (χ0n) is 9.24. The molecule has 2 atom stereocenters. The van der Waals surface area contributed by atoms with Crippen LogP contribution in [0.15, 0.2) is 18.2 Å². The van der Waals surface area contributed by atoms with Gasteiger partial charge in [0, 0.05) is 6.07 Å². The lowest BCUT2D eigenvalue weighted by molar-refractivity contribution is 0.172. The number of halogens is 1. The third-order valence-electron chi connectivity index (χ3n) is 2.99. The molecule has 2 rings (SSSR count). The van der Waals surface area contributed by atoms with Gasteiger partial charge in [0.1, 0.15) is 5.75 Å². The minimum absolute atomic E-state index is 0.101. The van der Waals surface area contributed by atoms with Crippen LogP contribution >= 0.6 is 11.6 Å². The smallest absolute Gasteiger partial charge is 0.121 e. The standard InChI is InChI=1S/C12H16ClNO2/c1-16-8-5-6-9(13)11(7-8)14-10-3-2-4-12(10)15/h5-7,10,12,14-15H,2-4H2,1H3. The lowest BCUT2D eigenvalue weighted by atomic mass is 10.2. The highest BCUT2D eigenvalue weighted by Gasteiger charge is 2.25. The number of benzene rings is 1. The van der Waals surface area contributed by atoms with Gasteiger partial charge in [0.25, 0.3) is 0 Å². The Hall–Kier alpha value is -0.930. The molecule has 0 saturated heterocycles. The molecule has 2 unspecified atom stereocenters. The van der Waals surface area contributed by atoms with Crippen molar-refractivity contribution in [2.24, 2.45) is 0 Å². The van der Waals surface area contributed by atoms with Crippen LogP contribution in [0.2, 0.25) is 5.02 Å². The highest BCUT2D eigenvalue weighted by molar-refractivity contribution is 6.33. The number of hydrogen-bond acceptors (Lipinski definition) is 3. The van der Waals surface area contributed by atoms with E-state index in [1.165, 1.54) is 0 Å². The van der Waals surface area contributed by atoms with Crippen LogP contribution in [-0.4, -0.2) is 24.4 Å². The molecule has 2 N–H and O–H groups in total. The molecule has 0 heterocycles. The second-order valence-electron chi connectivity index (χ2n) is 4.09. The fourth-order valence-corrected chi connectivity index (χ4v) is 2.22. The molecule has 1 fully saturated rings. The first kappa shape index (κ1) is 11.6. The van der Waals surface area contributed by atoms with E-state index >= 15 is 0 Å². The Balaban J connectivity index is 2.13. The normalized spacial score (nSPS) is 24.4. The van der Waals surface area contributed by atoms with E-state index in [0.717, 1.165) is 30.7 Å². The summed E-state index contributed by atoms with van der Waals surface area (Å²) in [5, 5.41) is 13.7.